The Kier molecular flexibility index (Phi) is 4.03. The van der Waals surface area contributed by atoms with Gasteiger partial charge in [-0.05, 0) is 26.0 Å². The highest BCUT2D eigenvalue weighted by atomic mass is 16.3. The van der Waals surface area contributed by atoms with Gasteiger partial charge < -0.3 is 9.73 Å². The highest BCUT2D eigenvalue weighted by molar-refractivity contribution is 5.90. The molecule has 1 amide bonds. The zero-order valence-corrected chi connectivity index (χ0v) is 13.6. The molecule has 3 aromatic rings. The number of furan rings is 1. The molecule has 0 fully saturated rings. The van der Waals surface area contributed by atoms with Crippen LogP contribution in [0.25, 0.3) is 17.4 Å². The average Bonchev–Trinajstić information content (AvgIpc) is 3.21. The van der Waals surface area contributed by atoms with E-state index < -0.39 is 0 Å². The summed E-state index contributed by atoms with van der Waals surface area (Å²) in [7, 11) is 0. The third-order valence-electron chi connectivity index (χ3n) is 3.65. The van der Waals surface area contributed by atoms with E-state index in [-0.39, 0.29) is 17.4 Å². The predicted molar refractivity (Wildman–Crippen MR) is 88.1 cm³/mol. The molecular weight excluding hydrogens is 310 g/mol. The van der Waals surface area contributed by atoms with Crippen LogP contribution in [0.1, 0.15) is 24.6 Å². The Morgan fingerprint density at radius 3 is 2.83 bits per heavy atom. The first kappa shape index (κ1) is 15.7. The Balaban J connectivity index is 2.14. The van der Waals surface area contributed by atoms with E-state index in [1.807, 2.05) is 0 Å². The highest BCUT2D eigenvalue weighted by Crippen LogP contribution is 2.24. The summed E-state index contributed by atoms with van der Waals surface area (Å²) in [5.41, 5.74) is 1.40. The standard InChI is InChI=1S/C16H17N5O3/c1-4-14(22)18-13-8-11(12-6-5-7-24-12)20-21(13)16-17-10(3)9(2)15(23)19-16/h5-8H,4H2,1-3H3,(H,18,22)(H,17,19,23). The van der Waals surface area contributed by atoms with Crippen LogP contribution in [0.5, 0.6) is 0 Å². The summed E-state index contributed by atoms with van der Waals surface area (Å²) in [6.45, 7) is 5.19. The fourth-order valence-electron chi connectivity index (χ4n) is 2.14. The maximum atomic E-state index is 12.0. The topological polar surface area (TPSA) is 106 Å². The number of nitrogens with zero attached hydrogens (tertiary/aromatic N) is 3. The largest absolute Gasteiger partial charge is 0.463 e. The van der Waals surface area contributed by atoms with E-state index >= 15 is 0 Å². The SMILES string of the molecule is CCC(=O)Nc1cc(-c2ccco2)nn1-c1nc(C)c(C)c(=O)[nH]1. The molecule has 0 spiro atoms. The summed E-state index contributed by atoms with van der Waals surface area (Å²) < 4.78 is 6.73. The Hall–Kier alpha value is -3.16. The van der Waals surface area contributed by atoms with E-state index in [0.717, 1.165) is 0 Å². The molecule has 124 valence electrons. The molecular formula is C16H17N5O3. The lowest BCUT2D eigenvalue weighted by atomic mass is 10.3. The number of hydrogen-bond acceptors (Lipinski definition) is 5. The second-order valence-corrected chi connectivity index (χ2v) is 5.31. The molecule has 0 saturated heterocycles. The second kappa shape index (κ2) is 6.15. The lowest BCUT2D eigenvalue weighted by molar-refractivity contribution is -0.115. The molecule has 0 radical (unpaired) electrons. The molecule has 0 aliphatic heterocycles. The van der Waals surface area contributed by atoms with Gasteiger partial charge in [-0.2, -0.15) is 9.78 Å². The molecule has 0 aliphatic rings. The van der Waals surface area contributed by atoms with Gasteiger partial charge in [-0.25, -0.2) is 4.98 Å². The van der Waals surface area contributed by atoms with Gasteiger partial charge in [0, 0.05) is 23.7 Å². The van der Waals surface area contributed by atoms with E-state index in [1.165, 1.54) is 10.9 Å². The van der Waals surface area contributed by atoms with Crippen molar-refractivity contribution in [3.63, 3.8) is 0 Å². The van der Waals surface area contributed by atoms with Crippen molar-refractivity contribution in [2.75, 3.05) is 5.32 Å². The molecule has 0 aromatic carbocycles. The van der Waals surface area contributed by atoms with Crippen LogP contribution in [-0.2, 0) is 4.79 Å². The molecule has 0 saturated carbocycles. The summed E-state index contributed by atoms with van der Waals surface area (Å²) in [5, 5.41) is 7.15. The first-order valence-corrected chi connectivity index (χ1v) is 7.51. The maximum absolute atomic E-state index is 12.0. The minimum Gasteiger partial charge on any atom is -0.463 e. The highest BCUT2D eigenvalue weighted by Gasteiger charge is 2.17. The number of H-pyrrole nitrogens is 1. The van der Waals surface area contributed by atoms with Crippen LogP contribution in [0.4, 0.5) is 5.82 Å². The fraction of sp³-hybridized carbons (Fsp3) is 0.250. The van der Waals surface area contributed by atoms with E-state index in [1.54, 1.807) is 39.0 Å². The maximum Gasteiger partial charge on any atom is 0.255 e. The van der Waals surface area contributed by atoms with Gasteiger partial charge in [-0.15, -0.1) is 0 Å². The fourth-order valence-corrected chi connectivity index (χ4v) is 2.14. The van der Waals surface area contributed by atoms with Crippen LogP contribution in [0.15, 0.2) is 33.7 Å². The second-order valence-electron chi connectivity index (χ2n) is 5.31. The Morgan fingerprint density at radius 2 is 2.21 bits per heavy atom. The first-order valence-electron chi connectivity index (χ1n) is 7.51. The summed E-state index contributed by atoms with van der Waals surface area (Å²) in [5.74, 6) is 1.01. The number of hydrogen-bond donors (Lipinski definition) is 2. The molecule has 2 N–H and O–H groups in total. The Labute approximate surface area is 137 Å². The van der Waals surface area contributed by atoms with Gasteiger partial charge in [0.05, 0.1) is 6.26 Å². The molecule has 3 heterocycles. The Morgan fingerprint density at radius 1 is 1.42 bits per heavy atom. The number of aromatic amines is 1. The molecule has 0 atom stereocenters. The smallest absolute Gasteiger partial charge is 0.255 e. The van der Waals surface area contributed by atoms with Crippen LogP contribution >= 0.6 is 0 Å². The van der Waals surface area contributed by atoms with Gasteiger partial charge in [-0.3, -0.25) is 14.6 Å². The number of amides is 1. The minimum absolute atomic E-state index is 0.173. The molecule has 0 unspecified atom stereocenters. The number of anilines is 1. The lowest BCUT2D eigenvalue weighted by Crippen LogP contribution is -2.20. The van der Waals surface area contributed by atoms with E-state index in [9.17, 15) is 9.59 Å². The molecule has 8 nitrogen and oxygen atoms in total. The normalized spacial score (nSPS) is 10.8. The van der Waals surface area contributed by atoms with E-state index in [0.29, 0.717) is 35.0 Å². The van der Waals surface area contributed by atoms with Crippen molar-refractivity contribution < 1.29 is 9.21 Å². The van der Waals surface area contributed by atoms with Crippen LogP contribution in [0, 0.1) is 13.8 Å². The third-order valence-corrected chi connectivity index (χ3v) is 3.65. The number of nitrogens with one attached hydrogen (secondary N) is 2. The molecule has 3 rings (SSSR count). The quantitative estimate of drug-likeness (QED) is 0.764. The number of aryl methyl sites for hydroxylation is 1. The zero-order chi connectivity index (χ0) is 17.3. The van der Waals surface area contributed by atoms with Gasteiger partial charge in [0.2, 0.25) is 11.9 Å². The number of carbonyl (C=O) groups is 1. The zero-order valence-electron chi connectivity index (χ0n) is 13.6. The van der Waals surface area contributed by atoms with Crippen molar-refractivity contribution >= 4 is 11.7 Å². The van der Waals surface area contributed by atoms with Crippen LogP contribution < -0.4 is 10.9 Å². The molecule has 8 heteroatoms. The van der Waals surface area contributed by atoms with Crippen LogP contribution in [0.3, 0.4) is 0 Å². The van der Waals surface area contributed by atoms with Gasteiger partial charge >= 0.3 is 0 Å². The monoisotopic (exact) mass is 327 g/mol. The van der Waals surface area contributed by atoms with Crippen LogP contribution in [0.2, 0.25) is 0 Å². The average molecular weight is 327 g/mol. The van der Waals surface area contributed by atoms with Crippen molar-refractivity contribution in [1.29, 1.82) is 0 Å². The molecule has 3 aromatic heterocycles. The van der Waals surface area contributed by atoms with Gasteiger partial charge in [0.15, 0.2) is 5.76 Å². The number of aromatic nitrogens is 4. The molecule has 0 aliphatic carbocycles. The van der Waals surface area contributed by atoms with Gasteiger partial charge in [0.25, 0.3) is 5.56 Å². The van der Waals surface area contributed by atoms with Crippen molar-refractivity contribution in [3.8, 4) is 17.4 Å². The third kappa shape index (κ3) is 2.85. The van der Waals surface area contributed by atoms with Gasteiger partial charge in [0.1, 0.15) is 11.5 Å². The summed E-state index contributed by atoms with van der Waals surface area (Å²) in [6.07, 6.45) is 1.85. The Bertz CT molecular complexity index is 937. The first-order chi connectivity index (χ1) is 11.5. The summed E-state index contributed by atoms with van der Waals surface area (Å²) >= 11 is 0. The lowest BCUT2D eigenvalue weighted by Gasteiger charge is -2.08. The number of rotatable bonds is 4. The van der Waals surface area contributed by atoms with Crippen molar-refractivity contribution in [3.05, 3.63) is 46.1 Å². The minimum atomic E-state index is -0.250. The predicted octanol–water partition coefficient (Wildman–Crippen LogP) is 2.18. The van der Waals surface area contributed by atoms with Crippen molar-refractivity contribution in [1.82, 2.24) is 19.7 Å². The van der Waals surface area contributed by atoms with E-state index in [4.69, 9.17) is 4.42 Å². The van der Waals surface area contributed by atoms with Crippen molar-refractivity contribution in [2.45, 2.75) is 27.2 Å². The van der Waals surface area contributed by atoms with E-state index in [2.05, 4.69) is 20.4 Å². The summed E-state index contributed by atoms with van der Waals surface area (Å²) in [4.78, 5) is 30.8. The molecule has 24 heavy (non-hydrogen) atoms. The van der Waals surface area contributed by atoms with Gasteiger partial charge in [-0.1, -0.05) is 6.92 Å². The van der Waals surface area contributed by atoms with Crippen molar-refractivity contribution in [2.24, 2.45) is 0 Å². The molecule has 0 bridgehead atoms. The summed E-state index contributed by atoms with van der Waals surface area (Å²) in [6, 6.07) is 5.17. The number of carbonyl (C=O) groups excluding carboxylic acids is 1. The van der Waals surface area contributed by atoms with Crippen LogP contribution in [-0.4, -0.2) is 25.7 Å².